The number of methoxy groups -OCH3 is 1. The molecule has 0 atom stereocenters. The molecular formula is C39H24Cl4N6O4. The first-order valence-corrected chi connectivity index (χ1v) is 17.5. The Morgan fingerprint density at radius 3 is 2.26 bits per heavy atom. The number of hydrogen-bond acceptors (Lipinski definition) is 7. The number of rotatable bonds is 6. The molecule has 10 nitrogen and oxygen atoms in total. The number of aliphatic imine (C=N–C) groups is 1. The topological polar surface area (TPSA) is 141 Å². The summed E-state index contributed by atoms with van der Waals surface area (Å²) in [7, 11) is 1.57. The summed E-state index contributed by atoms with van der Waals surface area (Å²) in [6, 6.07) is 25.3. The summed E-state index contributed by atoms with van der Waals surface area (Å²) in [6.45, 7) is 1.85. The van der Waals surface area contributed by atoms with Crippen LogP contribution in [-0.2, 0) is 0 Å². The van der Waals surface area contributed by atoms with Crippen molar-refractivity contribution in [2.24, 2.45) is 15.2 Å². The Labute approximate surface area is 321 Å². The van der Waals surface area contributed by atoms with Crippen molar-refractivity contribution in [2.45, 2.75) is 6.92 Å². The molecule has 14 heteroatoms. The van der Waals surface area contributed by atoms with E-state index >= 15 is 0 Å². The number of amidine groups is 1. The molecule has 0 fully saturated rings. The van der Waals surface area contributed by atoms with Crippen LogP contribution in [0.5, 0.6) is 11.5 Å². The zero-order valence-electron chi connectivity index (χ0n) is 27.6. The van der Waals surface area contributed by atoms with Gasteiger partial charge in [0.05, 0.1) is 60.8 Å². The first-order valence-electron chi connectivity index (χ1n) is 16.0. The van der Waals surface area contributed by atoms with Crippen molar-refractivity contribution >= 4 is 119 Å². The number of phenolic OH excluding ortho intramolecular Hbond substituents is 1. The number of halogens is 4. The highest BCUT2D eigenvalue weighted by atomic mass is 35.5. The zero-order valence-corrected chi connectivity index (χ0v) is 30.6. The van der Waals surface area contributed by atoms with Gasteiger partial charge in [-0.2, -0.15) is 5.11 Å². The van der Waals surface area contributed by atoms with Crippen LogP contribution in [0.3, 0.4) is 0 Å². The number of fused-ring (bicyclic) bond motifs is 6. The van der Waals surface area contributed by atoms with Crippen molar-refractivity contribution in [3.8, 4) is 11.5 Å². The van der Waals surface area contributed by atoms with E-state index in [9.17, 15) is 14.7 Å². The number of nitrogens with one attached hydrogen (secondary N) is 3. The fourth-order valence-electron chi connectivity index (χ4n) is 6.36. The minimum absolute atomic E-state index is 0.00920. The molecule has 6 aromatic carbocycles. The van der Waals surface area contributed by atoms with E-state index in [0.717, 1.165) is 27.4 Å². The third-order valence-corrected chi connectivity index (χ3v) is 10.8. The predicted octanol–water partition coefficient (Wildman–Crippen LogP) is 11.6. The van der Waals surface area contributed by atoms with E-state index in [0.29, 0.717) is 33.6 Å². The van der Waals surface area contributed by atoms with Crippen molar-refractivity contribution in [1.29, 1.82) is 0 Å². The third-order valence-electron chi connectivity index (χ3n) is 8.98. The first-order chi connectivity index (χ1) is 25.5. The normalized spacial score (nSPS) is 13.4. The molecule has 1 aromatic heterocycles. The monoisotopic (exact) mass is 780 g/mol. The lowest BCUT2D eigenvalue weighted by atomic mass is 10.00. The smallest absolute Gasteiger partial charge is 0.259 e. The summed E-state index contributed by atoms with van der Waals surface area (Å²) in [5, 5.41) is 29.5. The molecule has 0 saturated heterocycles. The Bertz CT molecular complexity index is 2780. The second kappa shape index (κ2) is 13.4. The number of aromatic amines is 1. The number of para-hydroxylation sites is 1. The van der Waals surface area contributed by atoms with Gasteiger partial charge in [0, 0.05) is 27.4 Å². The Hall–Kier alpha value is -5.65. The molecule has 0 unspecified atom stereocenters. The zero-order chi connectivity index (χ0) is 37.1. The highest BCUT2D eigenvalue weighted by Gasteiger charge is 2.34. The summed E-state index contributed by atoms with van der Waals surface area (Å²) >= 11 is 25.2. The van der Waals surface area contributed by atoms with Gasteiger partial charge >= 0.3 is 0 Å². The molecule has 8 rings (SSSR count). The van der Waals surface area contributed by atoms with Gasteiger partial charge in [0.25, 0.3) is 11.8 Å². The summed E-state index contributed by atoms with van der Waals surface area (Å²) in [5.74, 6) is -0.576. The number of amides is 2. The minimum atomic E-state index is -0.528. The first kappa shape index (κ1) is 34.4. The lowest BCUT2D eigenvalue weighted by molar-refractivity contribution is 0.0981. The highest BCUT2D eigenvalue weighted by Crippen LogP contribution is 2.45. The van der Waals surface area contributed by atoms with Gasteiger partial charge in [-0.1, -0.05) is 76.7 Å². The number of hydrogen-bond donors (Lipinski definition) is 4. The molecule has 7 aromatic rings. The van der Waals surface area contributed by atoms with E-state index in [1.54, 1.807) is 55.6 Å². The van der Waals surface area contributed by atoms with E-state index in [1.165, 1.54) is 0 Å². The standard InChI is InChI=1S/C39H24Cl4N6O4/c1-17-15-21(53-2)12-14-25(17)46-38(51)24-16-18-7-13-23-22-5-3-4-6-26(22)45-34(23)27(18)35(36(24)50)49-48-20-10-8-19(9-11-20)44-37-28-29(39(52)47-37)31(41)33(43)32(42)30(28)40/h3-16,45,50H,1-2H3,(H,46,51)(H,44,47,52). The van der Waals surface area contributed by atoms with E-state index in [2.05, 4.69) is 30.8 Å². The molecule has 2 amide bonds. The van der Waals surface area contributed by atoms with Crippen LogP contribution in [0, 0.1) is 6.92 Å². The van der Waals surface area contributed by atoms with Crippen LogP contribution in [0.2, 0.25) is 20.1 Å². The maximum Gasteiger partial charge on any atom is 0.259 e. The van der Waals surface area contributed by atoms with Gasteiger partial charge < -0.3 is 25.5 Å². The molecule has 1 aliphatic rings. The number of azo groups is 1. The highest BCUT2D eigenvalue weighted by molar-refractivity contribution is 6.55. The lowest BCUT2D eigenvalue weighted by Gasteiger charge is -2.13. The quantitative estimate of drug-likeness (QED) is 0.0757. The number of carbonyl (C=O) groups excluding carboxylic acids is 2. The number of benzene rings is 6. The molecule has 0 aliphatic carbocycles. The lowest BCUT2D eigenvalue weighted by Crippen LogP contribution is -2.21. The van der Waals surface area contributed by atoms with Crippen molar-refractivity contribution in [2.75, 3.05) is 12.4 Å². The molecule has 2 heterocycles. The Balaban J connectivity index is 1.20. The number of aromatic nitrogens is 1. The van der Waals surface area contributed by atoms with E-state index in [4.69, 9.17) is 51.1 Å². The fraction of sp³-hybridized carbons (Fsp3) is 0.0513. The summed E-state index contributed by atoms with van der Waals surface area (Å²) in [5.41, 5.74) is 4.30. The fourth-order valence-corrected chi connectivity index (χ4v) is 7.39. The molecule has 1 aliphatic heterocycles. The second-order valence-electron chi connectivity index (χ2n) is 12.1. The average Bonchev–Trinajstić information content (AvgIpc) is 3.70. The van der Waals surface area contributed by atoms with Crippen molar-refractivity contribution < 1.29 is 19.4 Å². The van der Waals surface area contributed by atoms with Gasteiger partial charge in [-0.25, -0.2) is 4.99 Å². The summed E-state index contributed by atoms with van der Waals surface area (Å²) in [4.78, 5) is 34.4. The third kappa shape index (κ3) is 5.90. The molecule has 0 radical (unpaired) electrons. The second-order valence-corrected chi connectivity index (χ2v) is 13.7. The number of phenols is 1. The molecule has 0 spiro atoms. The van der Waals surface area contributed by atoms with Gasteiger partial charge in [-0.05, 0) is 72.5 Å². The van der Waals surface area contributed by atoms with Crippen LogP contribution in [0.4, 0.5) is 22.7 Å². The maximum absolute atomic E-state index is 13.7. The predicted molar refractivity (Wildman–Crippen MR) is 211 cm³/mol. The van der Waals surface area contributed by atoms with Crippen LogP contribution in [0.25, 0.3) is 32.6 Å². The molecule has 53 heavy (non-hydrogen) atoms. The number of ether oxygens (including phenoxy) is 1. The molecule has 0 bridgehead atoms. The average molecular weight is 782 g/mol. The van der Waals surface area contributed by atoms with Gasteiger partial charge in [-0.3, -0.25) is 9.59 Å². The molecule has 4 N–H and O–H groups in total. The maximum atomic E-state index is 13.7. The molecular weight excluding hydrogens is 758 g/mol. The van der Waals surface area contributed by atoms with Crippen molar-refractivity contribution in [3.05, 3.63) is 127 Å². The number of H-pyrrole nitrogens is 1. The summed E-state index contributed by atoms with van der Waals surface area (Å²) < 4.78 is 5.29. The number of aryl methyl sites for hydroxylation is 1. The van der Waals surface area contributed by atoms with Crippen molar-refractivity contribution in [1.82, 2.24) is 10.3 Å². The Morgan fingerprint density at radius 1 is 0.811 bits per heavy atom. The van der Waals surface area contributed by atoms with Crippen LogP contribution in [-0.4, -0.2) is 34.9 Å². The summed E-state index contributed by atoms with van der Waals surface area (Å²) in [6.07, 6.45) is 0. The minimum Gasteiger partial charge on any atom is -0.505 e. The molecule has 0 saturated carbocycles. The SMILES string of the molecule is COc1ccc(NC(=O)c2cc3ccc4c5ccccc5[nH]c4c3c(N=Nc3ccc(N=C4NC(=O)c5c(Cl)c(Cl)c(Cl)c(Cl)c54)cc3)c2O)c(C)c1. The van der Waals surface area contributed by atoms with Crippen LogP contribution >= 0.6 is 46.4 Å². The Morgan fingerprint density at radius 2 is 1.53 bits per heavy atom. The van der Waals surface area contributed by atoms with Gasteiger partial charge in [-0.15, -0.1) is 5.11 Å². The van der Waals surface area contributed by atoms with Crippen LogP contribution in [0.15, 0.2) is 100 Å². The van der Waals surface area contributed by atoms with E-state index in [1.807, 2.05) is 43.3 Å². The van der Waals surface area contributed by atoms with Crippen LogP contribution in [0.1, 0.15) is 31.8 Å². The van der Waals surface area contributed by atoms with Gasteiger partial charge in [0.1, 0.15) is 17.3 Å². The number of carbonyl (C=O) groups is 2. The molecule has 262 valence electrons. The number of nitrogens with zero attached hydrogens (tertiary/aromatic N) is 3. The van der Waals surface area contributed by atoms with Crippen molar-refractivity contribution in [3.63, 3.8) is 0 Å². The van der Waals surface area contributed by atoms with Crippen LogP contribution < -0.4 is 15.4 Å². The number of anilines is 1. The van der Waals surface area contributed by atoms with E-state index < -0.39 is 11.8 Å². The largest absolute Gasteiger partial charge is 0.505 e. The van der Waals surface area contributed by atoms with Gasteiger partial charge in [0.15, 0.2) is 5.75 Å². The number of aromatic hydroxyl groups is 1. The Kier molecular flexibility index (Phi) is 8.71. The van der Waals surface area contributed by atoms with E-state index in [-0.39, 0.29) is 54.1 Å². The van der Waals surface area contributed by atoms with Gasteiger partial charge in [0.2, 0.25) is 0 Å².